The number of hydrogen-bond acceptors (Lipinski definition) is 4. The van der Waals surface area contributed by atoms with Crippen LogP contribution < -0.4 is 5.32 Å². The summed E-state index contributed by atoms with van der Waals surface area (Å²) in [6.45, 7) is 1.20. The van der Waals surface area contributed by atoms with Crippen LogP contribution in [0.15, 0.2) is 21.6 Å². The smallest absolute Gasteiger partial charge is 0.276 e. The second kappa shape index (κ2) is 4.92. The molecule has 2 aliphatic carbocycles. The quantitative estimate of drug-likeness (QED) is 0.825. The van der Waals surface area contributed by atoms with E-state index in [-0.39, 0.29) is 5.09 Å². The summed E-state index contributed by atoms with van der Waals surface area (Å²) < 4.78 is 31.4. The molecular formula is C13H20N2O3S. The number of hydrogen-bond donors (Lipinski definition) is 1. The van der Waals surface area contributed by atoms with Crippen molar-refractivity contribution in [3.05, 3.63) is 17.9 Å². The predicted molar refractivity (Wildman–Crippen MR) is 71.1 cm³/mol. The first-order valence-corrected chi connectivity index (χ1v) is 8.28. The Labute approximate surface area is 114 Å². The van der Waals surface area contributed by atoms with Gasteiger partial charge in [0, 0.05) is 19.6 Å². The number of sulfonamides is 1. The van der Waals surface area contributed by atoms with Crippen LogP contribution in [0, 0.1) is 5.92 Å². The van der Waals surface area contributed by atoms with Gasteiger partial charge < -0.3 is 9.73 Å². The summed E-state index contributed by atoms with van der Waals surface area (Å²) in [4.78, 5) is 0. The Balaban J connectivity index is 1.65. The van der Waals surface area contributed by atoms with Gasteiger partial charge in [0.15, 0.2) is 0 Å². The van der Waals surface area contributed by atoms with Gasteiger partial charge in [0.05, 0.1) is 6.54 Å². The van der Waals surface area contributed by atoms with E-state index in [0.29, 0.717) is 30.8 Å². The molecule has 2 aliphatic rings. The van der Waals surface area contributed by atoms with E-state index in [0.717, 1.165) is 12.8 Å². The maximum Gasteiger partial charge on any atom is 0.276 e. The zero-order valence-electron chi connectivity index (χ0n) is 11.1. The summed E-state index contributed by atoms with van der Waals surface area (Å²) in [5, 5.41) is 3.37. The molecule has 1 N–H and O–H groups in total. The zero-order valence-corrected chi connectivity index (χ0v) is 11.9. The van der Waals surface area contributed by atoms with Crippen molar-refractivity contribution in [2.75, 3.05) is 13.6 Å². The van der Waals surface area contributed by atoms with Crippen LogP contribution in [0.25, 0.3) is 0 Å². The average Bonchev–Trinajstić information content (AvgIpc) is 3.29. The van der Waals surface area contributed by atoms with Crippen molar-refractivity contribution in [2.45, 2.75) is 43.4 Å². The Morgan fingerprint density at radius 1 is 1.32 bits per heavy atom. The molecule has 2 fully saturated rings. The van der Waals surface area contributed by atoms with Crippen molar-refractivity contribution in [1.82, 2.24) is 9.62 Å². The minimum atomic E-state index is -3.46. The van der Waals surface area contributed by atoms with E-state index >= 15 is 0 Å². The van der Waals surface area contributed by atoms with Gasteiger partial charge in [-0.2, -0.15) is 4.31 Å². The largest absolute Gasteiger partial charge is 0.447 e. The molecule has 1 aromatic heterocycles. The monoisotopic (exact) mass is 284 g/mol. The minimum Gasteiger partial charge on any atom is -0.447 e. The molecule has 1 aromatic rings. The van der Waals surface area contributed by atoms with Crippen molar-refractivity contribution < 1.29 is 12.8 Å². The van der Waals surface area contributed by atoms with Crippen LogP contribution in [0.3, 0.4) is 0 Å². The maximum atomic E-state index is 12.3. The Morgan fingerprint density at radius 3 is 2.68 bits per heavy atom. The molecule has 0 unspecified atom stereocenters. The van der Waals surface area contributed by atoms with Gasteiger partial charge in [0.1, 0.15) is 5.76 Å². The van der Waals surface area contributed by atoms with Crippen molar-refractivity contribution in [2.24, 2.45) is 5.92 Å². The van der Waals surface area contributed by atoms with Crippen LogP contribution in [-0.4, -0.2) is 32.4 Å². The molecule has 6 heteroatoms. The summed E-state index contributed by atoms with van der Waals surface area (Å²) >= 11 is 0. The number of rotatable bonds is 7. The lowest BCUT2D eigenvalue weighted by Gasteiger charge is -2.14. The molecule has 0 aliphatic heterocycles. The fourth-order valence-corrected chi connectivity index (χ4v) is 3.21. The second-order valence-corrected chi connectivity index (χ2v) is 7.58. The predicted octanol–water partition coefficient (Wildman–Crippen LogP) is 1.56. The van der Waals surface area contributed by atoms with Crippen LogP contribution in [0.4, 0.5) is 0 Å². The normalized spacial score (nSPS) is 20.1. The molecule has 106 valence electrons. The Kier molecular flexibility index (Phi) is 3.41. The first-order valence-electron chi connectivity index (χ1n) is 6.84. The van der Waals surface area contributed by atoms with Gasteiger partial charge in [0.2, 0.25) is 5.09 Å². The van der Waals surface area contributed by atoms with E-state index < -0.39 is 10.0 Å². The molecule has 0 amide bonds. The fraction of sp³-hybridized carbons (Fsp3) is 0.692. The van der Waals surface area contributed by atoms with Crippen LogP contribution in [0.2, 0.25) is 0 Å². The molecule has 0 aromatic carbocycles. The first kappa shape index (κ1) is 13.1. The van der Waals surface area contributed by atoms with Gasteiger partial charge in [-0.05, 0) is 43.7 Å². The second-order valence-electron chi connectivity index (χ2n) is 5.60. The third-order valence-corrected chi connectivity index (χ3v) is 5.35. The highest BCUT2D eigenvalue weighted by atomic mass is 32.2. The van der Waals surface area contributed by atoms with Gasteiger partial charge in [-0.15, -0.1) is 0 Å². The molecule has 0 radical (unpaired) electrons. The third kappa shape index (κ3) is 3.19. The molecule has 0 saturated heterocycles. The summed E-state index contributed by atoms with van der Waals surface area (Å²) in [6.07, 6.45) is 4.68. The molecule has 5 nitrogen and oxygen atoms in total. The van der Waals surface area contributed by atoms with E-state index in [1.807, 2.05) is 0 Å². The van der Waals surface area contributed by atoms with Gasteiger partial charge in [-0.3, -0.25) is 0 Å². The molecule has 2 saturated carbocycles. The molecule has 3 rings (SSSR count). The highest BCUT2D eigenvalue weighted by Gasteiger charge is 2.31. The van der Waals surface area contributed by atoms with Crippen LogP contribution in [0.1, 0.15) is 31.4 Å². The van der Waals surface area contributed by atoms with Crippen molar-refractivity contribution in [1.29, 1.82) is 0 Å². The summed E-state index contributed by atoms with van der Waals surface area (Å²) in [7, 11) is -1.83. The Bertz CT molecular complexity index is 544. The Hall–Kier alpha value is -0.850. The standard InChI is InChI=1S/C13H20N2O3S/c1-15(9-10-2-3-10)19(16,17)13-7-6-12(18-13)8-14-11-4-5-11/h6-7,10-11,14H,2-5,8-9H2,1H3. The van der Waals surface area contributed by atoms with E-state index in [1.165, 1.54) is 17.1 Å². The topological polar surface area (TPSA) is 62.6 Å². The van der Waals surface area contributed by atoms with E-state index in [9.17, 15) is 8.42 Å². The van der Waals surface area contributed by atoms with Crippen LogP contribution in [-0.2, 0) is 16.6 Å². The molecule has 0 atom stereocenters. The Morgan fingerprint density at radius 2 is 2.05 bits per heavy atom. The number of nitrogens with zero attached hydrogens (tertiary/aromatic N) is 1. The van der Waals surface area contributed by atoms with Crippen LogP contribution in [0.5, 0.6) is 0 Å². The number of furan rings is 1. The van der Waals surface area contributed by atoms with E-state index in [4.69, 9.17) is 4.42 Å². The molecule has 1 heterocycles. The lowest BCUT2D eigenvalue weighted by Crippen LogP contribution is -2.28. The number of nitrogens with one attached hydrogen (secondary N) is 1. The maximum absolute atomic E-state index is 12.3. The van der Waals surface area contributed by atoms with E-state index in [2.05, 4.69) is 5.32 Å². The van der Waals surface area contributed by atoms with Gasteiger partial charge in [-0.1, -0.05) is 0 Å². The van der Waals surface area contributed by atoms with Crippen LogP contribution >= 0.6 is 0 Å². The third-order valence-electron chi connectivity index (χ3n) is 3.66. The molecule has 0 bridgehead atoms. The molecular weight excluding hydrogens is 264 g/mol. The van der Waals surface area contributed by atoms with Gasteiger partial charge in [0.25, 0.3) is 10.0 Å². The van der Waals surface area contributed by atoms with Crippen molar-refractivity contribution >= 4 is 10.0 Å². The summed E-state index contributed by atoms with van der Waals surface area (Å²) in [5.41, 5.74) is 0. The van der Waals surface area contributed by atoms with Crippen molar-refractivity contribution in [3.63, 3.8) is 0 Å². The average molecular weight is 284 g/mol. The van der Waals surface area contributed by atoms with Crippen molar-refractivity contribution in [3.8, 4) is 0 Å². The summed E-state index contributed by atoms with van der Waals surface area (Å²) in [6, 6.07) is 3.89. The minimum absolute atomic E-state index is 0.0586. The lowest BCUT2D eigenvalue weighted by atomic mass is 10.4. The lowest BCUT2D eigenvalue weighted by molar-refractivity contribution is 0.376. The van der Waals surface area contributed by atoms with E-state index in [1.54, 1.807) is 19.2 Å². The molecule has 0 spiro atoms. The van der Waals surface area contributed by atoms with Gasteiger partial charge in [-0.25, -0.2) is 8.42 Å². The summed E-state index contributed by atoms with van der Waals surface area (Å²) in [5.74, 6) is 1.22. The highest BCUT2D eigenvalue weighted by molar-refractivity contribution is 7.89. The highest BCUT2D eigenvalue weighted by Crippen LogP contribution is 2.31. The SMILES string of the molecule is CN(CC1CC1)S(=O)(=O)c1ccc(CNC2CC2)o1. The molecule has 19 heavy (non-hydrogen) atoms. The zero-order chi connectivity index (χ0) is 13.5. The van der Waals surface area contributed by atoms with Gasteiger partial charge >= 0.3 is 0 Å². The fourth-order valence-electron chi connectivity index (χ4n) is 2.04. The first-order chi connectivity index (χ1) is 9.05.